The normalized spacial score (nSPS) is 19.3. The van der Waals surface area contributed by atoms with Crippen LogP contribution in [0.25, 0.3) is 0 Å². The van der Waals surface area contributed by atoms with E-state index in [1.807, 2.05) is 12.1 Å². The number of amides is 1. The van der Waals surface area contributed by atoms with Crippen molar-refractivity contribution >= 4 is 15.9 Å². The number of piperidine rings is 1. The average Bonchev–Trinajstić information content (AvgIpc) is 3.07. The van der Waals surface area contributed by atoms with Crippen molar-refractivity contribution in [3.8, 4) is 0 Å². The summed E-state index contributed by atoms with van der Waals surface area (Å²) in [5.74, 6) is 0.0647. The zero-order valence-electron chi connectivity index (χ0n) is 18.2. The van der Waals surface area contributed by atoms with Crippen LogP contribution in [0.3, 0.4) is 0 Å². The highest BCUT2D eigenvalue weighted by molar-refractivity contribution is 7.89. The number of aryl methyl sites for hydroxylation is 1. The van der Waals surface area contributed by atoms with Crippen molar-refractivity contribution in [2.75, 3.05) is 39.3 Å². The second kappa shape index (κ2) is 11.8. The molecule has 2 saturated heterocycles. The highest BCUT2D eigenvalue weighted by Gasteiger charge is 2.24. The monoisotopic (exact) mass is 435 g/mol. The molecular weight excluding hydrogens is 398 g/mol. The summed E-state index contributed by atoms with van der Waals surface area (Å²) in [6.45, 7) is 5.40. The minimum absolute atomic E-state index is 0.0647. The minimum atomic E-state index is -3.41. The van der Waals surface area contributed by atoms with E-state index in [0.29, 0.717) is 30.8 Å². The van der Waals surface area contributed by atoms with Gasteiger partial charge in [0.15, 0.2) is 0 Å². The molecule has 0 atom stereocenters. The molecule has 1 aromatic rings. The molecule has 0 bridgehead atoms. The van der Waals surface area contributed by atoms with Crippen LogP contribution < -0.4 is 5.32 Å². The van der Waals surface area contributed by atoms with Crippen LogP contribution in [-0.4, -0.2) is 62.8 Å². The molecule has 2 heterocycles. The summed E-state index contributed by atoms with van der Waals surface area (Å²) in [5, 5.41) is 3.01. The van der Waals surface area contributed by atoms with Gasteiger partial charge in [0.1, 0.15) is 0 Å². The van der Waals surface area contributed by atoms with E-state index in [1.165, 1.54) is 32.4 Å². The van der Waals surface area contributed by atoms with E-state index >= 15 is 0 Å². The molecule has 1 amide bonds. The van der Waals surface area contributed by atoms with Crippen LogP contribution in [0.2, 0.25) is 0 Å². The molecule has 0 spiro atoms. The highest BCUT2D eigenvalue weighted by atomic mass is 32.2. The van der Waals surface area contributed by atoms with Gasteiger partial charge >= 0.3 is 0 Å². The Hall–Kier alpha value is -1.44. The lowest BCUT2D eigenvalue weighted by molar-refractivity contribution is -0.121. The Morgan fingerprint density at radius 1 is 0.867 bits per heavy atom. The van der Waals surface area contributed by atoms with Gasteiger partial charge in [-0.05, 0) is 75.9 Å². The van der Waals surface area contributed by atoms with Gasteiger partial charge in [0, 0.05) is 26.1 Å². The molecule has 0 radical (unpaired) electrons. The Labute approximate surface area is 182 Å². The number of hydrogen-bond acceptors (Lipinski definition) is 4. The third kappa shape index (κ3) is 7.06. The second-order valence-electron chi connectivity index (χ2n) is 8.57. The number of hydrogen-bond donors (Lipinski definition) is 1. The predicted octanol–water partition coefficient (Wildman–Crippen LogP) is 3.18. The van der Waals surface area contributed by atoms with E-state index in [1.54, 1.807) is 16.4 Å². The van der Waals surface area contributed by atoms with Crippen molar-refractivity contribution in [2.45, 2.75) is 69.1 Å². The summed E-state index contributed by atoms with van der Waals surface area (Å²) < 4.78 is 27.3. The molecule has 1 N–H and O–H groups in total. The predicted molar refractivity (Wildman–Crippen MR) is 120 cm³/mol. The summed E-state index contributed by atoms with van der Waals surface area (Å²) in [4.78, 5) is 14.9. The smallest absolute Gasteiger partial charge is 0.243 e. The molecule has 1 aromatic carbocycles. The summed E-state index contributed by atoms with van der Waals surface area (Å²) >= 11 is 0. The van der Waals surface area contributed by atoms with Crippen LogP contribution in [0, 0.1) is 0 Å². The number of carbonyl (C=O) groups is 1. The maximum atomic E-state index is 12.8. The number of rotatable bonds is 9. The zero-order valence-corrected chi connectivity index (χ0v) is 19.0. The van der Waals surface area contributed by atoms with Crippen molar-refractivity contribution in [3.63, 3.8) is 0 Å². The van der Waals surface area contributed by atoms with Crippen LogP contribution in [0.15, 0.2) is 29.2 Å². The fourth-order valence-corrected chi connectivity index (χ4v) is 5.84. The molecule has 0 aromatic heterocycles. The van der Waals surface area contributed by atoms with Gasteiger partial charge in [-0.25, -0.2) is 8.42 Å². The van der Waals surface area contributed by atoms with Crippen LogP contribution >= 0.6 is 0 Å². The van der Waals surface area contributed by atoms with Gasteiger partial charge in [-0.1, -0.05) is 31.4 Å². The Morgan fingerprint density at radius 2 is 1.47 bits per heavy atom. The van der Waals surface area contributed by atoms with E-state index in [0.717, 1.165) is 50.8 Å². The Kier molecular flexibility index (Phi) is 9.15. The number of likely N-dealkylation sites (tertiary alicyclic amines) is 1. The number of nitrogens with one attached hydrogen (secondary N) is 1. The van der Waals surface area contributed by atoms with E-state index in [2.05, 4.69) is 10.2 Å². The molecule has 30 heavy (non-hydrogen) atoms. The molecular formula is C23H37N3O3S. The number of carbonyl (C=O) groups excluding carboxylic acids is 1. The number of sulfonamides is 1. The van der Waals surface area contributed by atoms with Crippen LogP contribution in [0.1, 0.15) is 63.4 Å². The first-order chi connectivity index (χ1) is 14.6. The third-order valence-corrected chi connectivity index (χ3v) is 8.10. The molecule has 2 aliphatic heterocycles. The molecule has 3 rings (SSSR count). The fraction of sp³-hybridized carbons (Fsp3) is 0.696. The van der Waals surface area contributed by atoms with Gasteiger partial charge in [-0.15, -0.1) is 0 Å². The molecule has 0 saturated carbocycles. The quantitative estimate of drug-likeness (QED) is 0.605. The second-order valence-corrected chi connectivity index (χ2v) is 10.5. The molecule has 6 nitrogen and oxygen atoms in total. The van der Waals surface area contributed by atoms with Gasteiger partial charge in [0.05, 0.1) is 4.90 Å². The maximum Gasteiger partial charge on any atom is 0.243 e. The summed E-state index contributed by atoms with van der Waals surface area (Å²) in [5.41, 5.74) is 0.994. The van der Waals surface area contributed by atoms with Gasteiger partial charge < -0.3 is 10.2 Å². The lowest BCUT2D eigenvalue weighted by Crippen LogP contribution is -2.33. The highest BCUT2D eigenvalue weighted by Crippen LogP contribution is 2.21. The van der Waals surface area contributed by atoms with Gasteiger partial charge in [-0.3, -0.25) is 4.79 Å². The third-order valence-electron chi connectivity index (χ3n) is 6.19. The van der Waals surface area contributed by atoms with Crippen molar-refractivity contribution in [2.24, 2.45) is 0 Å². The molecule has 0 unspecified atom stereocenters. The number of benzene rings is 1. The van der Waals surface area contributed by atoms with E-state index in [9.17, 15) is 13.2 Å². The maximum absolute atomic E-state index is 12.8. The van der Waals surface area contributed by atoms with Crippen molar-refractivity contribution < 1.29 is 13.2 Å². The Balaban J connectivity index is 1.39. The SMILES string of the molecule is O=C(CCc1ccc(S(=O)(=O)N2CCCCCC2)cc1)NCCCN1CCCCC1. The van der Waals surface area contributed by atoms with Crippen molar-refractivity contribution in [1.29, 1.82) is 0 Å². The lowest BCUT2D eigenvalue weighted by Gasteiger charge is -2.26. The Morgan fingerprint density at radius 3 is 2.13 bits per heavy atom. The van der Waals surface area contributed by atoms with Gasteiger partial charge in [0.2, 0.25) is 15.9 Å². The first kappa shape index (κ1) is 23.2. The number of nitrogens with zero attached hydrogens (tertiary/aromatic N) is 2. The van der Waals surface area contributed by atoms with Gasteiger partial charge in [0.25, 0.3) is 0 Å². The minimum Gasteiger partial charge on any atom is -0.356 e. The first-order valence-corrected chi connectivity index (χ1v) is 13.1. The average molecular weight is 436 g/mol. The summed E-state index contributed by atoms with van der Waals surface area (Å²) in [6.07, 6.45) is 10.1. The zero-order chi connectivity index (χ0) is 21.2. The Bertz CT molecular complexity index is 750. The van der Waals surface area contributed by atoms with Crippen molar-refractivity contribution in [3.05, 3.63) is 29.8 Å². The molecule has 2 fully saturated rings. The largest absolute Gasteiger partial charge is 0.356 e. The van der Waals surface area contributed by atoms with E-state index in [-0.39, 0.29) is 5.91 Å². The summed E-state index contributed by atoms with van der Waals surface area (Å²) in [7, 11) is -3.41. The first-order valence-electron chi connectivity index (χ1n) is 11.6. The topological polar surface area (TPSA) is 69.7 Å². The lowest BCUT2D eigenvalue weighted by atomic mass is 10.1. The van der Waals surface area contributed by atoms with E-state index < -0.39 is 10.0 Å². The molecule has 168 valence electrons. The van der Waals surface area contributed by atoms with E-state index in [4.69, 9.17) is 0 Å². The van der Waals surface area contributed by atoms with Crippen LogP contribution in [0.5, 0.6) is 0 Å². The summed E-state index contributed by atoms with van der Waals surface area (Å²) in [6, 6.07) is 7.06. The molecule has 0 aliphatic carbocycles. The van der Waals surface area contributed by atoms with Crippen molar-refractivity contribution in [1.82, 2.24) is 14.5 Å². The van der Waals surface area contributed by atoms with Gasteiger partial charge in [-0.2, -0.15) is 4.31 Å². The fourth-order valence-electron chi connectivity index (χ4n) is 4.32. The molecule has 7 heteroatoms. The molecule has 2 aliphatic rings. The van der Waals surface area contributed by atoms with Crippen LogP contribution in [0.4, 0.5) is 0 Å². The van der Waals surface area contributed by atoms with Crippen LogP contribution in [-0.2, 0) is 21.2 Å². The standard InChI is InChI=1S/C23H37N3O3S/c27-23(24-15-8-18-25-16-4-3-5-17-25)14-11-21-9-12-22(13-10-21)30(28,29)26-19-6-1-2-7-20-26/h9-10,12-13H,1-8,11,14-20H2,(H,24,27).